The molecule has 1 atom stereocenters. The van der Waals surface area contributed by atoms with Gasteiger partial charge in [-0.1, -0.05) is 13.0 Å². The summed E-state index contributed by atoms with van der Waals surface area (Å²) in [4.78, 5) is 16.1. The van der Waals surface area contributed by atoms with Crippen molar-refractivity contribution in [2.75, 3.05) is 19.0 Å². The SMILES string of the molecule is CCc1c(Nc2nc(Cc3ccc(C(=O)O)c(OC)c3)nn2C)ccc2c1cnn2C1CCCCO1. The fourth-order valence-corrected chi connectivity index (χ4v) is 4.77. The molecule has 10 heteroatoms. The molecular formula is C26H30N6O4. The summed E-state index contributed by atoms with van der Waals surface area (Å²) in [5.74, 6) is 0.526. The van der Waals surface area contributed by atoms with Crippen LogP contribution in [0.25, 0.3) is 10.9 Å². The zero-order valence-electron chi connectivity index (χ0n) is 20.7. The lowest BCUT2D eigenvalue weighted by Gasteiger charge is -2.23. The van der Waals surface area contributed by atoms with E-state index in [-0.39, 0.29) is 11.8 Å². The third kappa shape index (κ3) is 4.51. The number of carbonyl (C=O) groups is 1. The van der Waals surface area contributed by atoms with Crippen molar-refractivity contribution in [2.24, 2.45) is 7.05 Å². The van der Waals surface area contributed by atoms with Gasteiger partial charge in [-0.2, -0.15) is 15.2 Å². The minimum atomic E-state index is -1.03. The Hall–Kier alpha value is -3.92. The van der Waals surface area contributed by atoms with Gasteiger partial charge in [-0.15, -0.1) is 0 Å². The van der Waals surface area contributed by atoms with Crippen molar-refractivity contribution in [1.82, 2.24) is 24.5 Å². The van der Waals surface area contributed by atoms with Crippen LogP contribution in [-0.4, -0.2) is 49.3 Å². The maximum atomic E-state index is 11.4. The summed E-state index contributed by atoms with van der Waals surface area (Å²) in [5, 5.41) is 23.1. The van der Waals surface area contributed by atoms with Crippen molar-refractivity contribution < 1.29 is 19.4 Å². The largest absolute Gasteiger partial charge is 0.496 e. The molecule has 2 aromatic heterocycles. The molecule has 2 N–H and O–H groups in total. The van der Waals surface area contributed by atoms with Crippen LogP contribution in [0.1, 0.15) is 59.7 Å². The fourth-order valence-electron chi connectivity index (χ4n) is 4.77. The third-order valence-electron chi connectivity index (χ3n) is 6.59. The average molecular weight is 491 g/mol. The summed E-state index contributed by atoms with van der Waals surface area (Å²) in [6.45, 7) is 2.90. The summed E-state index contributed by atoms with van der Waals surface area (Å²) >= 11 is 0. The molecule has 1 unspecified atom stereocenters. The highest BCUT2D eigenvalue weighted by molar-refractivity contribution is 5.91. The molecule has 1 aliphatic rings. The molecule has 36 heavy (non-hydrogen) atoms. The second-order valence-electron chi connectivity index (χ2n) is 8.91. The highest BCUT2D eigenvalue weighted by Gasteiger charge is 2.21. The number of benzene rings is 2. The molecule has 0 saturated carbocycles. The fraction of sp³-hybridized carbons (Fsp3) is 0.385. The van der Waals surface area contributed by atoms with Crippen molar-refractivity contribution in [3.63, 3.8) is 0 Å². The van der Waals surface area contributed by atoms with Gasteiger partial charge in [-0.3, -0.25) is 0 Å². The number of anilines is 2. The number of carboxylic acids is 1. The highest BCUT2D eigenvalue weighted by Crippen LogP contribution is 2.32. The van der Waals surface area contributed by atoms with Gasteiger partial charge >= 0.3 is 5.97 Å². The lowest BCUT2D eigenvalue weighted by atomic mass is 10.1. The number of methoxy groups -OCH3 is 1. The molecule has 0 bridgehead atoms. The van der Waals surface area contributed by atoms with Gasteiger partial charge < -0.3 is 19.9 Å². The number of aromatic nitrogens is 5. The van der Waals surface area contributed by atoms with Gasteiger partial charge in [-0.05, 0) is 61.1 Å². The molecule has 0 spiro atoms. The molecule has 5 rings (SSSR count). The van der Waals surface area contributed by atoms with Crippen LogP contribution in [0.2, 0.25) is 0 Å². The topological polar surface area (TPSA) is 116 Å². The van der Waals surface area contributed by atoms with Crippen molar-refractivity contribution in [1.29, 1.82) is 0 Å². The summed E-state index contributed by atoms with van der Waals surface area (Å²) in [6.07, 6.45) is 6.42. The van der Waals surface area contributed by atoms with E-state index in [1.807, 2.05) is 17.9 Å². The van der Waals surface area contributed by atoms with Crippen LogP contribution in [-0.2, 0) is 24.6 Å². The van der Waals surface area contributed by atoms with Crippen LogP contribution in [0.3, 0.4) is 0 Å². The first-order chi connectivity index (χ1) is 17.5. The number of aromatic carboxylic acids is 1. The lowest BCUT2D eigenvalue weighted by Crippen LogP contribution is -2.19. The Morgan fingerprint density at radius 1 is 1.28 bits per heavy atom. The van der Waals surface area contributed by atoms with Gasteiger partial charge in [-0.25, -0.2) is 14.2 Å². The second kappa shape index (κ2) is 9.98. The number of hydrogen-bond acceptors (Lipinski definition) is 7. The molecule has 0 aliphatic carbocycles. The van der Waals surface area contributed by atoms with Gasteiger partial charge in [0.15, 0.2) is 12.1 Å². The van der Waals surface area contributed by atoms with E-state index in [2.05, 4.69) is 34.6 Å². The van der Waals surface area contributed by atoms with E-state index in [1.165, 1.54) is 7.11 Å². The van der Waals surface area contributed by atoms with E-state index < -0.39 is 5.97 Å². The van der Waals surface area contributed by atoms with E-state index in [9.17, 15) is 9.90 Å². The number of carboxylic acid groups (broad SMARTS) is 1. The second-order valence-corrected chi connectivity index (χ2v) is 8.91. The Labute approximate surface area is 208 Å². The number of fused-ring (bicyclic) bond motifs is 1. The maximum Gasteiger partial charge on any atom is 0.339 e. The quantitative estimate of drug-likeness (QED) is 0.372. The third-order valence-corrected chi connectivity index (χ3v) is 6.59. The van der Waals surface area contributed by atoms with Gasteiger partial charge in [0.1, 0.15) is 11.3 Å². The van der Waals surface area contributed by atoms with E-state index in [1.54, 1.807) is 22.9 Å². The Balaban J connectivity index is 1.39. The van der Waals surface area contributed by atoms with Crippen molar-refractivity contribution in [2.45, 2.75) is 45.3 Å². The van der Waals surface area contributed by atoms with E-state index in [0.717, 1.165) is 60.0 Å². The molecule has 4 aromatic rings. The molecule has 188 valence electrons. The summed E-state index contributed by atoms with van der Waals surface area (Å²) in [5.41, 5.74) is 4.18. The maximum absolute atomic E-state index is 11.4. The Bertz CT molecular complexity index is 1400. The minimum absolute atomic E-state index is 0.00995. The Kier molecular flexibility index (Phi) is 6.60. The van der Waals surface area contributed by atoms with Crippen molar-refractivity contribution in [3.05, 3.63) is 59.0 Å². The zero-order valence-corrected chi connectivity index (χ0v) is 20.7. The van der Waals surface area contributed by atoms with Crippen LogP contribution in [0.4, 0.5) is 11.6 Å². The number of hydrogen-bond donors (Lipinski definition) is 2. The normalized spacial score (nSPS) is 15.8. The predicted molar refractivity (Wildman–Crippen MR) is 135 cm³/mol. The Morgan fingerprint density at radius 2 is 2.14 bits per heavy atom. The first-order valence-corrected chi connectivity index (χ1v) is 12.2. The Morgan fingerprint density at radius 3 is 2.86 bits per heavy atom. The number of aryl methyl sites for hydroxylation is 2. The van der Waals surface area contributed by atoms with Gasteiger partial charge in [0, 0.05) is 31.1 Å². The molecule has 1 fully saturated rings. The first kappa shape index (κ1) is 23.8. The van der Waals surface area contributed by atoms with Crippen LogP contribution >= 0.6 is 0 Å². The highest BCUT2D eigenvalue weighted by atomic mass is 16.5. The molecule has 0 amide bonds. The molecule has 3 heterocycles. The van der Waals surface area contributed by atoms with Gasteiger partial charge in [0.2, 0.25) is 5.95 Å². The number of nitrogens with zero attached hydrogens (tertiary/aromatic N) is 5. The van der Waals surface area contributed by atoms with E-state index >= 15 is 0 Å². The zero-order chi connectivity index (χ0) is 25.2. The van der Waals surface area contributed by atoms with Crippen LogP contribution in [0, 0.1) is 0 Å². The van der Waals surface area contributed by atoms with Gasteiger partial charge in [0.05, 0.1) is 18.8 Å². The van der Waals surface area contributed by atoms with Crippen LogP contribution in [0.5, 0.6) is 5.75 Å². The van der Waals surface area contributed by atoms with Crippen LogP contribution in [0.15, 0.2) is 36.5 Å². The monoisotopic (exact) mass is 490 g/mol. The predicted octanol–water partition coefficient (Wildman–Crippen LogP) is 4.47. The molecule has 1 aliphatic heterocycles. The molecular weight excluding hydrogens is 460 g/mol. The molecule has 10 nitrogen and oxygen atoms in total. The average Bonchev–Trinajstić information content (AvgIpc) is 3.47. The smallest absolute Gasteiger partial charge is 0.339 e. The summed E-state index contributed by atoms with van der Waals surface area (Å²) in [6, 6.07) is 9.15. The molecule has 0 radical (unpaired) electrons. The van der Waals surface area contributed by atoms with Crippen LogP contribution < -0.4 is 10.1 Å². The molecule has 2 aromatic carbocycles. The standard InChI is InChI=1S/C26H30N6O4/c1-4-17-19-15-27-32(24-7-5-6-12-36-24)21(19)11-10-20(17)28-26-29-23(30-31(26)2)14-16-8-9-18(25(33)34)22(13-16)35-3/h8-11,13,15,24H,4-7,12,14H2,1-3H3,(H,33,34)(H,28,29,30). The summed E-state index contributed by atoms with van der Waals surface area (Å²) in [7, 11) is 3.30. The summed E-state index contributed by atoms with van der Waals surface area (Å²) < 4.78 is 14.9. The van der Waals surface area contributed by atoms with Crippen molar-refractivity contribution in [3.8, 4) is 5.75 Å². The first-order valence-electron chi connectivity index (χ1n) is 12.2. The lowest BCUT2D eigenvalue weighted by molar-refractivity contribution is -0.0366. The van der Waals surface area contributed by atoms with Gasteiger partial charge in [0.25, 0.3) is 0 Å². The van der Waals surface area contributed by atoms with E-state index in [4.69, 9.17) is 14.5 Å². The minimum Gasteiger partial charge on any atom is -0.496 e. The van der Waals surface area contributed by atoms with E-state index in [0.29, 0.717) is 23.9 Å². The molecule has 1 saturated heterocycles. The number of ether oxygens (including phenoxy) is 2. The van der Waals surface area contributed by atoms with Crippen molar-refractivity contribution >= 4 is 28.5 Å². The number of rotatable bonds is 8. The number of nitrogens with one attached hydrogen (secondary N) is 1.